The summed E-state index contributed by atoms with van der Waals surface area (Å²) < 4.78 is 19.0. The maximum atomic E-state index is 12.3. The average Bonchev–Trinajstić information content (AvgIpc) is 2.60. The van der Waals surface area contributed by atoms with Crippen LogP contribution in [0.2, 0.25) is 40.5 Å². The van der Waals surface area contributed by atoms with Gasteiger partial charge in [0.15, 0.2) is 0 Å². The van der Waals surface area contributed by atoms with Gasteiger partial charge in [0.25, 0.3) is 0 Å². The van der Waals surface area contributed by atoms with E-state index in [2.05, 4.69) is 83.9 Å². The number of allylic oxidation sites excluding steroid dienone is 2. The van der Waals surface area contributed by atoms with Gasteiger partial charge in [0.2, 0.25) is 0 Å². The first-order valence-corrected chi connectivity index (χ1v) is 26.2. The second kappa shape index (κ2) is 15.5. The van der Waals surface area contributed by atoms with Crippen molar-refractivity contribution in [3.63, 3.8) is 0 Å². The summed E-state index contributed by atoms with van der Waals surface area (Å²) >= 11 is 0.146. The van der Waals surface area contributed by atoms with E-state index in [1.807, 2.05) is 0 Å². The van der Waals surface area contributed by atoms with Gasteiger partial charge in [-0.05, 0) is 6.04 Å². The molecule has 0 fully saturated rings. The third-order valence-corrected chi connectivity index (χ3v) is 14.9. The quantitative estimate of drug-likeness (QED) is 0.0282. The molecule has 0 amide bonds. The van der Waals surface area contributed by atoms with Gasteiger partial charge in [0.1, 0.15) is 6.79 Å². The molecule has 2 atom stereocenters. The topological polar surface area (TPSA) is 44.8 Å². The van der Waals surface area contributed by atoms with E-state index in [-0.39, 0.29) is 12.1 Å². The summed E-state index contributed by atoms with van der Waals surface area (Å²) in [5.41, 5.74) is 1.22. The smallest absolute Gasteiger partial charge is 0.356 e. The first kappa shape index (κ1) is 30.6. The van der Waals surface area contributed by atoms with Gasteiger partial charge in [-0.25, -0.2) is 0 Å². The Balaban J connectivity index is 4.26. The van der Waals surface area contributed by atoms with Gasteiger partial charge in [0, 0.05) is 14.7 Å². The zero-order valence-corrected chi connectivity index (χ0v) is 26.8. The first-order chi connectivity index (χ1) is 13.8. The summed E-state index contributed by atoms with van der Waals surface area (Å²) in [4.78, 5) is 19.2. The van der Waals surface area contributed by atoms with Crippen LogP contribution in [0.3, 0.4) is 0 Å². The number of esters is 1. The van der Waals surface area contributed by atoms with Gasteiger partial charge < -0.3 is 4.74 Å². The number of alkyl halides is 1. The Morgan fingerprint density at radius 2 is 1.77 bits per heavy atom. The van der Waals surface area contributed by atoms with E-state index < -0.39 is 26.5 Å². The Morgan fingerprint density at radius 3 is 2.30 bits per heavy atom. The molecular formula is C23H45IO4SiSn. The van der Waals surface area contributed by atoms with Crippen molar-refractivity contribution in [2.24, 2.45) is 5.92 Å². The second-order valence-corrected chi connectivity index (χ2v) is 32.1. The molecular weight excluding hydrogens is 614 g/mol. The van der Waals surface area contributed by atoms with E-state index >= 15 is 0 Å². The van der Waals surface area contributed by atoms with Crippen LogP contribution in [-0.4, -0.2) is 63.0 Å². The molecule has 0 aromatic heterocycles. The molecule has 7 heteroatoms. The molecule has 0 saturated heterocycles. The third kappa shape index (κ3) is 16.3. The summed E-state index contributed by atoms with van der Waals surface area (Å²) in [5.74, 6) is 0.148. The van der Waals surface area contributed by atoms with Crippen LogP contribution < -0.4 is 0 Å². The number of hydrogen-bond acceptors (Lipinski definition) is 4. The molecule has 0 aliphatic heterocycles. The van der Waals surface area contributed by atoms with Crippen LogP contribution in [0, 0.1) is 5.92 Å². The van der Waals surface area contributed by atoms with Crippen LogP contribution >= 0.6 is 22.6 Å². The minimum atomic E-state index is -2.17. The molecule has 0 aliphatic carbocycles. The molecule has 4 nitrogen and oxygen atoms in total. The predicted octanol–water partition coefficient (Wildman–Crippen LogP) is 6.85. The molecule has 0 aromatic carbocycles. The molecule has 0 rings (SSSR count). The summed E-state index contributed by atoms with van der Waals surface area (Å²) in [6.07, 6.45) is 5.87. The minimum absolute atomic E-state index is 0.0398. The zero-order chi connectivity index (χ0) is 23.4. The van der Waals surface area contributed by atoms with Gasteiger partial charge in [-0.2, -0.15) is 0 Å². The van der Waals surface area contributed by atoms with E-state index in [9.17, 15) is 4.79 Å². The average molecular weight is 659 g/mol. The van der Waals surface area contributed by atoms with Crippen molar-refractivity contribution in [3.8, 4) is 0 Å². The third-order valence-electron chi connectivity index (χ3n) is 5.18. The summed E-state index contributed by atoms with van der Waals surface area (Å²) in [6.45, 7) is 15.1. The number of halogens is 1. The van der Waals surface area contributed by atoms with Crippen molar-refractivity contribution in [3.05, 3.63) is 21.3 Å². The molecule has 0 radical (unpaired) electrons. The summed E-state index contributed by atoms with van der Waals surface area (Å²) in [5, 5.41) is 0. The number of carbonyl (C=O) groups is 1. The van der Waals surface area contributed by atoms with Crippen molar-refractivity contribution in [2.45, 2.75) is 80.2 Å². The number of carbonyl (C=O) groups excluding carboxylic acids is 1. The van der Waals surface area contributed by atoms with Crippen molar-refractivity contribution < 1.29 is 19.0 Å². The SMILES string of the molecule is C/C(=C\CC[C@H](C)[C@H](CI)OC(=O)/C=[C](\C)[Sn]([CH3])([CH3])[CH3])COCOCC[Si](C)(C)C. The van der Waals surface area contributed by atoms with E-state index in [4.69, 9.17) is 14.2 Å². The molecule has 0 heterocycles. The summed E-state index contributed by atoms with van der Waals surface area (Å²) in [7, 11) is -1.03. The Labute approximate surface area is 204 Å². The van der Waals surface area contributed by atoms with Crippen molar-refractivity contribution in [1.82, 2.24) is 0 Å². The fourth-order valence-corrected chi connectivity index (χ4v) is 5.79. The van der Waals surface area contributed by atoms with Crippen LogP contribution in [0.5, 0.6) is 0 Å². The van der Waals surface area contributed by atoms with Gasteiger partial charge in [-0.1, -0.05) is 19.6 Å². The molecule has 0 saturated carbocycles. The van der Waals surface area contributed by atoms with E-state index in [1.54, 1.807) is 6.08 Å². The monoisotopic (exact) mass is 660 g/mol. The Hall–Kier alpha value is 0.616. The molecule has 0 bridgehead atoms. The van der Waals surface area contributed by atoms with Crippen molar-refractivity contribution >= 4 is 55.0 Å². The van der Waals surface area contributed by atoms with Gasteiger partial charge >= 0.3 is 154 Å². The van der Waals surface area contributed by atoms with Crippen LogP contribution in [0.4, 0.5) is 0 Å². The molecule has 30 heavy (non-hydrogen) atoms. The first-order valence-electron chi connectivity index (χ1n) is 11.0. The fraction of sp³-hybridized carbons (Fsp3) is 0.783. The maximum absolute atomic E-state index is 12.3. The van der Waals surface area contributed by atoms with Crippen LogP contribution in [0.15, 0.2) is 21.3 Å². The Kier molecular flexibility index (Phi) is 15.8. The van der Waals surface area contributed by atoms with Gasteiger partial charge in [-0.15, -0.1) is 0 Å². The van der Waals surface area contributed by atoms with E-state index in [1.165, 1.54) is 15.2 Å². The van der Waals surface area contributed by atoms with Gasteiger partial charge in [-0.3, -0.25) is 0 Å². The van der Waals surface area contributed by atoms with E-state index in [0.717, 1.165) is 23.9 Å². The number of ether oxygens (including phenoxy) is 3. The predicted molar refractivity (Wildman–Crippen MR) is 143 cm³/mol. The number of rotatable bonds is 15. The molecule has 0 unspecified atom stereocenters. The standard InChI is InChI=1S/C20H36IO4Si.3CH3.Sn/c1-7-9-20(22)25-19(14-21)18(3)11-8-10-17(2)15-24-16-23-12-13-26(4,5)6;;;;/h9-10,18-19H,8,11-16H2,1-6H3;3*1H3;/b9-7?,17-10+;;;;/t18-,19-;;;;/m0..../s1. The van der Waals surface area contributed by atoms with Crippen LogP contribution in [-0.2, 0) is 19.0 Å². The molecule has 0 aliphatic rings. The molecule has 0 aromatic rings. The van der Waals surface area contributed by atoms with Crippen molar-refractivity contribution in [1.29, 1.82) is 0 Å². The Bertz CT molecular complexity index is 565. The van der Waals surface area contributed by atoms with Crippen LogP contribution in [0.25, 0.3) is 0 Å². The molecule has 0 N–H and O–H groups in total. The second-order valence-electron chi connectivity index (χ2n) is 10.5. The van der Waals surface area contributed by atoms with E-state index in [0.29, 0.717) is 19.3 Å². The number of hydrogen-bond donors (Lipinski definition) is 0. The molecule has 176 valence electrons. The zero-order valence-electron chi connectivity index (χ0n) is 20.8. The molecule has 0 spiro atoms. The van der Waals surface area contributed by atoms with Crippen LogP contribution in [0.1, 0.15) is 33.6 Å². The van der Waals surface area contributed by atoms with Gasteiger partial charge in [0.05, 0.1) is 0 Å². The summed E-state index contributed by atoms with van der Waals surface area (Å²) in [6, 6.07) is 1.17. The Morgan fingerprint density at radius 1 is 1.13 bits per heavy atom. The van der Waals surface area contributed by atoms with Crippen molar-refractivity contribution in [2.75, 3.05) is 24.4 Å². The minimum Gasteiger partial charge on any atom is -0.356 e. The normalized spacial score (nSPS) is 15.8. The fourth-order valence-electron chi connectivity index (χ4n) is 2.41.